The Morgan fingerprint density at radius 2 is 1.11 bits per heavy atom. The van der Waals surface area contributed by atoms with E-state index in [0.717, 1.165) is 6.42 Å². The van der Waals surface area contributed by atoms with Crippen LogP contribution in [0.25, 0.3) is 0 Å². The third-order valence-corrected chi connectivity index (χ3v) is 7.62. The second-order valence-electron chi connectivity index (χ2n) is 11.8. The van der Waals surface area contributed by atoms with Crippen LogP contribution in [-0.2, 0) is 11.0 Å². The number of hydrogen-bond acceptors (Lipinski definition) is 7. The van der Waals surface area contributed by atoms with E-state index in [0.29, 0.717) is 66.7 Å². The molecular weight excluding hydrogens is 575 g/mol. The summed E-state index contributed by atoms with van der Waals surface area (Å²) < 4.78 is 36.1. The molecule has 0 heterocycles. The minimum absolute atomic E-state index is 0.0267. The van der Waals surface area contributed by atoms with Crippen LogP contribution in [0.2, 0.25) is 0 Å². The van der Waals surface area contributed by atoms with Crippen molar-refractivity contribution in [2.75, 3.05) is 26.4 Å². The topological polar surface area (TPSA) is 88.1 Å². The Bertz CT molecular complexity index is 1420. The number of ketones is 2. The number of carbonyl (C=O) groups is 2. The molecule has 8 heteroatoms. The van der Waals surface area contributed by atoms with E-state index in [1.165, 1.54) is 0 Å². The van der Waals surface area contributed by atoms with Gasteiger partial charge in [0.25, 0.3) is 0 Å². The van der Waals surface area contributed by atoms with Gasteiger partial charge in [0.1, 0.15) is 34.1 Å². The second-order valence-corrected chi connectivity index (χ2v) is 12.5. The summed E-state index contributed by atoms with van der Waals surface area (Å²) in [5, 5.41) is 0.459. The van der Waals surface area contributed by atoms with Crippen LogP contribution in [0.5, 0.6) is 23.0 Å². The maximum atomic E-state index is 14.9. The SMILES string of the molecule is CCOc1cccc(OCC)c1C(=O)c1ccc(P=O)c(CC(C)CC(C)(C)C)c1C(=O)c1c(OCC)cccc1OCC. The molecule has 7 nitrogen and oxygen atoms in total. The van der Waals surface area contributed by atoms with Crippen LogP contribution in [-0.4, -0.2) is 38.0 Å². The van der Waals surface area contributed by atoms with Crippen molar-refractivity contribution < 1.29 is 33.1 Å². The van der Waals surface area contributed by atoms with Gasteiger partial charge in [-0.3, -0.25) is 14.2 Å². The fourth-order valence-corrected chi connectivity index (χ4v) is 6.12. The average Bonchev–Trinajstić information content (AvgIpc) is 2.96. The molecule has 0 aliphatic carbocycles. The van der Waals surface area contributed by atoms with Crippen LogP contribution in [0.1, 0.15) is 99.2 Å². The Kier molecular flexibility index (Phi) is 12.5. The molecule has 236 valence electrons. The highest BCUT2D eigenvalue weighted by atomic mass is 31.1. The highest BCUT2D eigenvalue weighted by molar-refractivity contribution is 7.34. The first-order chi connectivity index (χ1) is 21.0. The molecule has 1 atom stereocenters. The Hall–Kier alpha value is -3.70. The molecular formula is C36H45O7P. The van der Waals surface area contributed by atoms with Gasteiger partial charge in [-0.25, -0.2) is 0 Å². The van der Waals surface area contributed by atoms with Crippen molar-refractivity contribution in [1.82, 2.24) is 0 Å². The minimum Gasteiger partial charge on any atom is -0.493 e. The first-order valence-electron chi connectivity index (χ1n) is 15.4. The van der Waals surface area contributed by atoms with E-state index in [1.54, 1.807) is 48.5 Å². The molecule has 0 spiro atoms. The largest absolute Gasteiger partial charge is 0.493 e. The highest BCUT2D eigenvalue weighted by Crippen LogP contribution is 2.38. The Morgan fingerprint density at radius 3 is 1.50 bits per heavy atom. The average molecular weight is 621 g/mol. The Labute approximate surface area is 263 Å². The predicted molar refractivity (Wildman–Crippen MR) is 175 cm³/mol. The molecule has 3 rings (SSSR count). The summed E-state index contributed by atoms with van der Waals surface area (Å²) >= 11 is 0. The fraction of sp³-hybridized carbons (Fsp3) is 0.444. The van der Waals surface area contributed by atoms with Gasteiger partial charge in [-0.15, -0.1) is 0 Å². The number of carbonyl (C=O) groups excluding carboxylic acids is 2. The van der Waals surface area contributed by atoms with Crippen LogP contribution in [0, 0.1) is 11.3 Å². The summed E-state index contributed by atoms with van der Waals surface area (Å²) in [6.45, 7) is 17.3. The molecule has 3 aromatic carbocycles. The first-order valence-corrected chi connectivity index (χ1v) is 16.2. The standard InChI is InChI=1S/C36H45O7P/c1-9-40-26-15-13-16-27(41-10-2)32(26)34(37)24-19-20-30(44-39)25(21-23(5)22-36(6,7)8)31(24)35(38)33-28(42-11-3)17-14-18-29(33)43-12-4/h13-20,23H,9-12,21-22H2,1-8H3. The summed E-state index contributed by atoms with van der Waals surface area (Å²) in [5.74, 6) is 0.689. The minimum atomic E-state index is -0.434. The molecule has 0 aliphatic rings. The molecule has 0 saturated carbocycles. The van der Waals surface area contributed by atoms with Crippen molar-refractivity contribution in [3.63, 3.8) is 0 Å². The van der Waals surface area contributed by atoms with Crippen LogP contribution < -0.4 is 24.3 Å². The summed E-state index contributed by atoms with van der Waals surface area (Å²) in [4.78, 5) is 29.5. The zero-order chi connectivity index (χ0) is 32.4. The number of hydrogen-bond donors (Lipinski definition) is 0. The van der Waals surface area contributed by atoms with Crippen molar-refractivity contribution in [3.05, 3.63) is 76.3 Å². The van der Waals surface area contributed by atoms with E-state index in [1.807, 2.05) is 27.7 Å². The number of ether oxygens (including phenoxy) is 4. The fourth-order valence-electron chi connectivity index (χ4n) is 5.68. The van der Waals surface area contributed by atoms with Crippen molar-refractivity contribution in [3.8, 4) is 23.0 Å². The molecule has 0 radical (unpaired) electrons. The maximum absolute atomic E-state index is 14.9. The third kappa shape index (κ3) is 8.26. The number of rotatable bonds is 16. The molecule has 0 bridgehead atoms. The highest BCUT2D eigenvalue weighted by Gasteiger charge is 2.32. The Morgan fingerprint density at radius 1 is 0.682 bits per heavy atom. The lowest BCUT2D eigenvalue weighted by Gasteiger charge is -2.25. The van der Waals surface area contributed by atoms with Crippen molar-refractivity contribution in [2.24, 2.45) is 11.3 Å². The van der Waals surface area contributed by atoms with Gasteiger partial charge in [0.2, 0.25) is 11.6 Å². The molecule has 1 unspecified atom stereocenters. The zero-order valence-electron chi connectivity index (χ0n) is 27.2. The number of benzene rings is 3. The van der Waals surface area contributed by atoms with E-state index in [2.05, 4.69) is 27.7 Å². The molecule has 3 aromatic rings. The first kappa shape index (κ1) is 34.8. The van der Waals surface area contributed by atoms with Gasteiger partial charge >= 0.3 is 0 Å². The van der Waals surface area contributed by atoms with Gasteiger partial charge in [0.05, 0.1) is 26.4 Å². The lowest BCUT2D eigenvalue weighted by molar-refractivity contribution is 0.0994. The zero-order valence-corrected chi connectivity index (χ0v) is 28.1. The molecule has 0 aliphatic heterocycles. The molecule has 0 N–H and O–H groups in total. The summed E-state index contributed by atoms with van der Waals surface area (Å²) in [6, 6.07) is 13.7. The summed E-state index contributed by atoms with van der Waals surface area (Å²) in [5.41, 5.74) is 1.39. The van der Waals surface area contributed by atoms with E-state index >= 15 is 0 Å². The van der Waals surface area contributed by atoms with Crippen LogP contribution in [0.3, 0.4) is 0 Å². The molecule has 0 fully saturated rings. The lowest BCUT2D eigenvalue weighted by Crippen LogP contribution is -2.23. The monoisotopic (exact) mass is 620 g/mol. The van der Waals surface area contributed by atoms with Gasteiger partial charge < -0.3 is 18.9 Å². The van der Waals surface area contributed by atoms with E-state index in [4.69, 9.17) is 18.9 Å². The van der Waals surface area contributed by atoms with Crippen molar-refractivity contribution >= 4 is 25.3 Å². The van der Waals surface area contributed by atoms with Gasteiger partial charge in [-0.1, -0.05) is 39.8 Å². The van der Waals surface area contributed by atoms with Crippen LogP contribution in [0.4, 0.5) is 0 Å². The van der Waals surface area contributed by atoms with Crippen LogP contribution in [0.15, 0.2) is 48.5 Å². The second kappa shape index (κ2) is 15.9. The van der Waals surface area contributed by atoms with Gasteiger partial charge in [0, 0.05) is 16.4 Å². The van der Waals surface area contributed by atoms with Crippen molar-refractivity contribution in [2.45, 2.75) is 68.2 Å². The Balaban J connectivity index is 2.42. The quantitative estimate of drug-likeness (QED) is 0.118. The molecule has 0 aromatic heterocycles. The van der Waals surface area contributed by atoms with Gasteiger partial charge in [0.15, 0.2) is 8.46 Å². The third-order valence-electron chi connectivity index (χ3n) is 7.00. The van der Waals surface area contributed by atoms with Crippen LogP contribution >= 0.6 is 8.46 Å². The van der Waals surface area contributed by atoms with Crippen molar-refractivity contribution in [1.29, 1.82) is 0 Å². The normalized spacial score (nSPS) is 12.1. The molecule has 0 saturated heterocycles. The summed E-state index contributed by atoms with van der Waals surface area (Å²) in [6.07, 6.45) is 1.30. The smallest absolute Gasteiger partial charge is 0.201 e. The molecule has 0 amide bonds. The van der Waals surface area contributed by atoms with Gasteiger partial charge in [-0.05, 0) is 93.8 Å². The van der Waals surface area contributed by atoms with Gasteiger partial charge in [-0.2, -0.15) is 0 Å². The lowest BCUT2D eigenvalue weighted by atomic mass is 9.80. The molecule has 44 heavy (non-hydrogen) atoms. The maximum Gasteiger partial charge on any atom is 0.201 e. The van der Waals surface area contributed by atoms with E-state index in [-0.39, 0.29) is 42.0 Å². The summed E-state index contributed by atoms with van der Waals surface area (Å²) in [7, 11) is -0.245. The van der Waals surface area contributed by atoms with E-state index < -0.39 is 11.6 Å². The van der Waals surface area contributed by atoms with E-state index in [9.17, 15) is 14.2 Å². The predicted octanol–water partition coefficient (Wildman–Crippen LogP) is 8.28.